The second kappa shape index (κ2) is 13.1. The van der Waals surface area contributed by atoms with Gasteiger partial charge in [0.15, 0.2) is 9.92 Å². The number of hydrogen-bond acceptors (Lipinski definition) is 7. The van der Waals surface area contributed by atoms with E-state index in [9.17, 15) is 13.8 Å². The lowest BCUT2D eigenvalue weighted by Gasteiger charge is -2.46. The monoisotopic (exact) mass is 684 g/mol. The molecule has 47 heavy (non-hydrogen) atoms. The summed E-state index contributed by atoms with van der Waals surface area (Å²) in [4.78, 5) is 30.4. The van der Waals surface area contributed by atoms with Crippen LogP contribution in [0.1, 0.15) is 50.7 Å². The Kier molecular flexibility index (Phi) is 9.38. The zero-order valence-corrected chi connectivity index (χ0v) is 29.4. The van der Waals surface area contributed by atoms with Crippen molar-refractivity contribution in [3.8, 4) is 5.75 Å². The number of carbonyl (C=O) groups is 2. The molecule has 1 spiro atoms. The number of carbonyl (C=O) groups excluding carboxylic acids is 2. The van der Waals surface area contributed by atoms with E-state index in [1.165, 1.54) is 16.0 Å². The van der Waals surface area contributed by atoms with E-state index in [1.54, 1.807) is 53.3 Å². The smallest absolute Gasteiger partial charge is 0.329 e. The van der Waals surface area contributed by atoms with Gasteiger partial charge in [-0.1, -0.05) is 29.8 Å². The van der Waals surface area contributed by atoms with E-state index in [0.717, 1.165) is 49.4 Å². The number of fused-ring (bicyclic) bond motifs is 4. The van der Waals surface area contributed by atoms with Crippen LogP contribution in [0.25, 0.3) is 0 Å². The summed E-state index contributed by atoms with van der Waals surface area (Å²) in [6.45, 7) is 5.19. The fourth-order valence-electron chi connectivity index (χ4n) is 7.28. The van der Waals surface area contributed by atoms with Crippen LogP contribution >= 0.6 is 11.6 Å². The Balaban J connectivity index is 1.51. The molecule has 1 N–H and O–H groups in total. The highest BCUT2D eigenvalue weighted by Gasteiger charge is 2.44. The molecular formula is C35H45ClN4O6S. The zero-order chi connectivity index (χ0) is 33.6. The van der Waals surface area contributed by atoms with Crippen LogP contribution < -0.4 is 14.4 Å². The molecule has 5 atom stereocenters. The van der Waals surface area contributed by atoms with Crippen LogP contribution in [0.15, 0.2) is 57.8 Å². The number of anilines is 1. The maximum Gasteiger partial charge on any atom is 0.329 e. The van der Waals surface area contributed by atoms with Gasteiger partial charge in [0.25, 0.3) is 5.91 Å². The normalized spacial score (nSPS) is 30.8. The van der Waals surface area contributed by atoms with Gasteiger partial charge in [0, 0.05) is 44.7 Å². The summed E-state index contributed by atoms with van der Waals surface area (Å²) in [6.07, 6.45) is 8.79. The Morgan fingerprint density at radius 3 is 2.72 bits per heavy atom. The molecule has 3 amide bonds. The van der Waals surface area contributed by atoms with Gasteiger partial charge < -0.3 is 24.0 Å². The molecule has 0 radical (unpaired) electrons. The van der Waals surface area contributed by atoms with E-state index in [-0.39, 0.29) is 23.0 Å². The maximum absolute atomic E-state index is 14.7. The van der Waals surface area contributed by atoms with Crippen molar-refractivity contribution in [1.29, 1.82) is 0 Å². The van der Waals surface area contributed by atoms with Crippen molar-refractivity contribution in [1.82, 2.24) is 9.62 Å². The molecule has 1 saturated carbocycles. The van der Waals surface area contributed by atoms with Crippen LogP contribution in [0.2, 0.25) is 5.02 Å². The van der Waals surface area contributed by atoms with Crippen molar-refractivity contribution in [2.24, 2.45) is 16.2 Å². The Bertz CT molecular complexity index is 1700. The number of rotatable bonds is 2. The largest absolute Gasteiger partial charge is 0.490 e. The Hall–Kier alpha value is -3.12. The van der Waals surface area contributed by atoms with Gasteiger partial charge in [-0.25, -0.2) is 13.7 Å². The van der Waals surface area contributed by atoms with Crippen molar-refractivity contribution in [2.75, 3.05) is 52.4 Å². The molecular weight excluding hydrogens is 640 g/mol. The maximum atomic E-state index is 14.7. The van der Waals surface area contributed by atoms with Crippen molar-refractivity contribution >= 4 is 39.1 Å². The first kappa shape index (κ1) is 33.8. The summed E-state index contributed by atoms with van der Waals surface area (Å²) >= 11 is 6.44. The number of urea groups is 1. The van der Waals surface area contributed by atoms with Gasteiger partial charge in [0.2, 0.25) is 0 Å². The third-order valence-corrected chi connectivity index (χ3v) is 12.2. The van der Waals surface area contributed by atoms with Gasteiger partial charge in [-0.3, -0.25) is 4.79 Å². The first-order valence-electron chi connectivity index (χ1n) is 16.3. The van der Waals surface area contributed by atoms with Crippen molar-refractivity contribution in [3.63, 3.8) is 0 Å². The molecule has 10 nitrogen and oxygen atoms in total. The van der Waals surface area contributed by atoms with Crippen LogP contribution in [-0.2, 0) is 36.0 Å². The van der Waals surface area contributed by atoms with Crippen molar-refractivity contribution < 1.29 is 28.0 Å². The Labute approximate surface area is 283 Å². The minimum Gasteiger partial charge on any atom is -0.490 e. The molecule has 0 saturated heterocycles. The van der Waals surface area contributed by atoms with E-state index < -0.39 is 27.5 Å². The van der Waals surface area contributed by atoms with Crippen LogP contribution in [0, 0.1) is 11.8 Å². The lowest BCUT2D eigenvalue weighted by molar-refractivity contribution is -0.137. The number of ether oxygens (including phenoxy) is 3. The van der Waals surface area contributed by atoms with E-state index in [1.807, 2.05) is 18.2 Å². The molecule has 4 aliphatic rings. The topological polar surface area (TPSA) is 110 Å². The molecule has 6 rings (SSSR count). The molecule has 254 valence electrons. The lowest BCUT2D eigenvalue weighted by Crippen LogP contribution is -2.49. The fourth-order valence-corrected chi connectivity index (χ4v) is 9.14. The second-order valence-electron chi connectivity index (χ2n) is 13.9. The molecule has 2 aliphatic heterocycles. The summed E-state index contributed by atoms with van der Waals surface area (Å²) in [7, 11) is 1.03. The molecule has 2 aromatic carbocycles. The highest BCUT2D eigenvalue weighted by atomic mass is 35.5. The van der Waals surface area contributed by atoms with E-state index >= 15 is 0 Å². The van der Waals surface area contributed by atoms with Crippen molar-refractivity contribution in [2.45, 2.75) is 68.0 Å². The van der Waals surface area contributed by atoms with Gasteiger partial charge >= 0.3 is 6.03 Å². The standard InChI is InChI=1S/C35H45ClN4O6S/c1-34(2)32(41)37-47(43,38-33(42)39(3)4)26-12-15-31-29(19-26)40(20-24-10-13-27(24)30(44-5)9-7-17-46-34)21-35(22-45-31)16-6-8-23-18-25(36)11-14-28(23)35/h7,9,11-12,14-15,18-19,24,27,30H,6,8,10,13,16-17,20-22H2,1-5H3,(H,37,38,41,42,43)/b9-7+/t24-,27+,30-,35-,47-/m0/s1. The quantitative estimate of drug-likeness (QED) is 0.401. The number of nitrogens with zero attached hydrogens (tertiary/aromatic N) is 3. The van der Waals surface area contributed by atoms with Gasteiger partial charge in [0.1, 0.15) is 11.4 Å². The SMILES string of the molecule is CO[C@H]1/C=C/COC(C)(C)C(=O)N=[S@](=O)(NC(=O)N(C)C)c2ccc3c(c2)N(C[C@@H]2CC[C@H]21)C[C@@]1(CCCc2cc(Cl)ccc21)CO3. The minimum absolute atomic E-state index is 0.103. The van der Waals surface area contributed by atoms with E-state index in [4.69, 9.17) is 25.8 Å². The van der Waals surface area contributed by atoms with Crippen molar-refractivity contribution in [3.05, 3.63) is 64.7 Å². The first-order valence-corrected chi connectivity index (χ1v) is 18.2. The summed E-state index contributed by atoms with van der Waals surface area (Å²) in [6, 6.07) is 10.7. The van der Waals surface area contributed by atoms with Gasteiger partial charge in [0.05, 0.1) is 29.9 Å². The summed E-state index contributed by atoms with van der Waals surface area (Å²) in [5.41, 5.74) is 1.56. The molecule has 1 fully saturated rings. The first-order chi connectivity index (χ1) is 22.3. The Morgan fingerprint density at radius 2 is 2.00 bits per heavy atom. The number of hydrogen-bond donors (Lipinski definition) is 1. The lowest BCUT2D eigenvalue weighted by atomic mass is 9.68. The molecule has 2 bridgehead atoms. The fraction of sp³-hybridized carbons (Fsp3) is 0.543. The zero-order valence-electron chi connectivity index (χ0n) is 27.8. The molecule has 0 unspecified atom stereocenters. The second-order valence-corrected chi connectivity index (χ2v) is 16.3. The average molecular weight is 685 g/mol. The average Bonchev–Trinajstić information content (AvgIpc) is 3.16. The highest BCUT2D eigenvalue weighted by Crippen LogP contribution is 2.47. The molecule has 12 heteroatoms. The number of nitrogens with one attached hydrogen (secondary N) is 1. The Morgan fingerprint density at radius 1 is 1.19 bits per heavy atom. The van der Waals surface area contributed by atoms with Crippen LogP contribution in [-0.4, -0.2) is 80.3 Å². The van der Waals surface area contributed by atoms with E-state index in [0.29, 0.717) is 30.7 Å². The molecule has 2 heterocycles. The minimum atomic E-state index is -3.79. The van der Waals surface area contributed by atoms with Crippen LogP contribution in [0.5, 0.6) is 5.75 Å². The third kappa shape index (κ3) is 6.64. The van der Waals surface area contributed by atoms with Crippen LogP contribution in [0.4, 0.5) is 10.5 Å². The summed E-state index contributed by atoms with van der Waals surface area (Å²) in [5.74, 6) is 0.534. The van der Waals surface area contributed by atoms with E-state index in [2.05, 4.69) is 26.1 Å². The predicted octanol–water partition coefficient (Wildman–Crippen LogP) is 5.76. The number of halogens is 1. The van der Waals surface area contributed by atoms with Gasteiger partial charge in [-0.15, -0.1) is 4.36 Å². The van der Waals surface area contributed by atoms with Gasteiger partial charge in [-0.2, -0.15) is 0 Å². The number of benzene rings is 2. The van der Waals surface area contributed by atoms with Crippen LogP contribution in [0.3, 0.4) is 0 Å². The van der Waals surface area contributed by atoms with Gasteiger partial charge in [-0.05, 0) is 99.2 Å². The molecule has 0 aromatic heterocycles. The summed E-state index contributed by atoms with van der Waals surface area (Å²) in [5, 5.41) is 0.727. The highest BCUT2D eigenvalue weighted by molar-refractivity contribution is 7.92. The summed E-state index contributed by atoms with van der Waals surface area (Å²) < 4.78 is 40.0. The third-order valence-electron chi connectivity index (χ3n) is 10.2. The number of methoxy groups -OCH3 is 1. The molecule has 2 aliphatic carbocycles. The predicted molar refractivity (Wildman–Crippen MR) is 182 cm³/mol. The number of aryl methyl sites for hydroxylation is 1. The molecule has 2 aromatic rings. The number of amides is 3.